The first-order valence-electron chi connectivity index (χ1n) is 18.9. The smallest absolute Gasteiger partial charge is 0.331 e. The zero-order valence-electron chi connectivity index (χ0n) is 32.9. The maximum absolute atomic E-state index is 14.0. The quantitative estimate of drug-likeness (QED) is 0.0857. The fourth-order valence-electron chi connectivity index (χ4n) is 6.81. The number of carbonyl (C=O) groups excluding carboxylic acids is 4. The number of aromatic nitrogens is 2. The first-order valence-corrected chi connectivity index (χ1v) is 20.3. The topological polar surface area (TPSA) is 294 Å². The molecule has 0 radical (unpaired) electrons. The second-order valence-corrected chi connectivity index (χ2v) is 15.3. The summed E-state index contributed by atoms with van der Waals surface area (Å²) >= 11 is 1.37. The molecule has 1 fully saturated rings. The van der Waals surface area contributed by atoms with E-state index in [0.29, 0.717) is 16.9 Å². The molecule has 1 aromatic heterocycles. The number of aliphatic hydroxyl groups is 1. The molecule has 60 heavy (non-hydrogen) atoms. The van der Waals surface area contributed by atoms with E-state index >= 15 is 0 Å². The molecule has 0 saturated carbocycles. The summed E-state index contributed by atoms with van der Waals surface area (Å²) < 4.78 is 6.70. The van der Waals surface area contributed by atoms with Crippen molar-refractivity contribution in [2.75, 3.05) is 19.1 Å². The van der Waals surface area contributed by atoms with Gasteiger partial charge in [0.05, 0.1) is 12.1 Å². The number of urea groups is 1. The SMILES string of the molecule is CSCC[C@@H](NC(=O)N[C@H](Cc1cccc(O)c1)C(=O)O)C(=O)N[C@H](C(=O)N/C=C1/C[C@H](O)[C@@H](n2ccc(=O)[nH]c2=O)O1)[C@H](C)N(C)C(=O)[C@H]1Cc2cccc(O)c2CN1. The molecule has 5 amide bonds. The van der Waals surface area contributed by atoms with Gasteiger partial charge in [-0.1, -0.05) is 24.3 Å². The van der Waals surface area contributed by atoms with Crippen LogP contribution in [-0.2, 0) is 43.3 Å². The van der Waals surface area contributed by atoms with Gasteiger partial charge in [-0.05, 0) is 61.1 Å². The van der Waals surface area contributed by atoms with Gasteiger partial charge in [0.1, 0.15) is 41.5 Å². The van der Waals surface area contributed by atoms with Crippen molar-refractivity contribution in [2.45, 2.75) is 81.7 Å². The first kappa shape index (κ1) is 44.8. The number of nitrogens with one attached hydrogen (secondary N) is 6. The van der Waals surface area contributed by atoms with E-state index < -0.39 is 83.5 Å². The number of hydrogen-bond acceptors (Lipinski definition) is 13. The molecule has 2 aromatic carbocycles. The van der Waals surface area contributed by atoms with Crippen LogP contribution in [0.3, 0.4) is 0 Å². The Hall–Kier alpha value is -6.32. The third kappa shape index (κ3) is 11.2. The average Bonchev–Trinajstić information content (AvgIpc) is 3.58. The Labute approximate surface area is 347 Å². The normalized spacial score (nSPS) is 19.7. The number of rotatable bonds is 16. The number of likely N-dealkylation sites (N-methyl/N-ethyl adjacent to an activating group) is 1. The predicted octanol–water partition coefficient (Wildman–Crippen LogP) is -0.652. The summed E-state index contributed by atoms with van der Waals surface area (Å²) in [7, 11) is 1.45. The summed E-state index contributed by atoms with van der Waals surface area (Å²) in [4.78, 5) is 94.5. The summed E-state index contributed by atoms with van der Waals surface area (Å²) in [6, 6.07) is 4.97. The molecule has 3 aromatic rings. The lowest BCUT2D eigenvalue weighted by molar-refractivity contribution is -0.139. The van der Waals surface area contributed by atoms with Gasteiger partial charge in [-0.2, -0.15) is 11.8 Å². The number of carboxylic acids is 1. The number of aliphatic hydroxyl groups excluding tert-OH is 1. The van der Waals surface area contributed by atoms with E-state index in [1.165, 1.54) is 48.8 Å². The van der Waals surface area contributed by atoms with Crippen LogP contribution in [0.1, 0.15) is 42.7 Å². The second-order valence-electron chi connectivity index (χ2n) is 14.4. The molecular formula is C39H48N8O12S. The number of phenols is 2. The molecule has 0 bridgehead atoms. The van der Waals surface area contributed by atoms with Crippen LogP contribution in [0.2, 0.25) is 0 Å². The molecule has 2 aliphatic heterocycles. The highest BCUT2D eigenvalue weighted by Gasteiger charge is 2.38. The number of H-pyrrole nitrogens is 1. The zero-order valence-corrected chi connectivity index (χ0v) is 33.7. The number of benzene rings is 2. The zero-order chi connectivity index (χ0) is 43.7. The lowest BCUT2D eigenvalue weighted by Crippen LogP contribution is -2.62. The Morgan fingerprint density at radius 1 is 1.02 bits per heavy atom. The Kier molecular flexibility index (Phi) is 15.0. The van der Waals surface area contributed by atoms with Gasteiger partial charge in [-0.25, -0.2) is 14.4 Å². The predicted molar refractivity (Wildman–Crippen MR) is 217 cm³/mol. The van der Waals surface area contributed by atoms with Crippen LogP contribution in [-0.4, -0.2) is 120 Å². The third-order valence-corrected chi connectivity index (χ3v) is 10.9. The fourth-order valence-corrected chi connectivity index (χ4v) is 7.28. The molecule has 322 valence electrons. The molecule has 0 aliphatic carbocycles. The summed E-state index contributed by atoms with van der Waals surface area (Å²) in [5.74, 6) is -3.05. The van der Waals surface area contributed by atoms with Crippen molar-refractivity contribution in [1.29, 1.82) is 0 Å². The summed E-state index contributed by atoms with van der Waals surface area (Å²) in [6.07, 6.45) is 1.53. The summed E-state index contributed by atoms with van der Waals surface area (Å²) in [6.45, 7) is 1.73. The molecule has 0 spiro atoms. The van der Waals surface area contributed by atoms with E-state index in [1.807, 2.05) is 0 Å². The Balaban J connectivity index is 1.35. The van der Waals surface area contributed by atoms with E-state index in [9.17, 15) is 54.0 Å². The third-order valence-electron chi connectivity index (χ3n) is 10.2. The number of amides is 5. The number of nitrogens with zero attached hydrogens (tertiary/aromatic N) is 2. The van der Waals surface area contributed by atoms with Gasteiger partial charge in [0, 0.05) is 50.5 Å². The van der Waals surface area contributed by atoms with Crippen LogP contribution in [0, 0.1) is 0 Å². The Bertz CT molecular complexity index is 2230. The van der Waals surface area contributed by atoms with Crippen LogP contribution >= 0.6 is 11.8 Å². The van der Waals surface area contributed by atoms with Gasteiger partial charge in [-0.3, -0.25) is 28.7 Å². The van der Waals surface area contributed by atoms with Crippen molar-refractivity contribution in [2.24, 2.45) is 0 Å². The van der Waals surface area contributed by atoms with Gasteiger partial charge in [0.15, 0.2) is 0 Å². The van der Waals surface area contributed by atoms with Crippen molar-refractivity contribution in [3.05, 3.63) is 104 Å². The number of carboxylic acid groups (broad SMARTS) is 1. The molecular weight excluding hydrogens is 805 g/mol. The minimum Gasteiger partial charge on any atom is -0.508 e. The molecule has 0 unspecified atom stereocenters. The summed E-state index contributed by atoms with van der Waals surface area (Å²) in [5.41, 5.74) is 0.365. The highest BCUT2D eigenvalue weighted by atomic mass is 32.2. The van der Waals surface area contributed by atoms with Gasteiger partial charge in [0.2, 0.25) is 23.9 Å². The number of phenolic OH excluding ortho intramolecular Hbond substituents is 2. The van der Waals surface area contributed by atoms with E-state index in [-0.39, 0.29) is 49.5 Å². The number of ether oxygens (including phenoxy) is 1. The van der Waals surface area contributed by atoms with Crippen molar-refractivity contribution in [3.8, 4) is 11.5 Å². The monoisotopic (exact) mass is 852 g/mol. The highest BCUT2D eigenvalue weighted by Crippen LogP contribution is 2.30. The number of carbonyl (C=O) groups is 5. The number of hydrogen-bond donors (Lipinski definition) is 10. The Morgan fingerprint density at radius 2 is 1.75 bits per heavy atom. The van der Waals surface area contributed by atoms with E-state index in [1.54, 1.807) is 30.5 Å². The maximum Gasteiger partial charge on any atom is 0.331 e. The molecule has 21 heteroatoms. The van der Waals surface area contributed by atoms with Crippen molar-refractivity contribution < 1.29 is 49.1 Å². The van der Waals surface area contributed by atoms with Crippen LogP contribution < -0.4 is 37.8 Å². The first-order chi connectivity index (χ1) is 28.6. The van der Waals surface area contributed by atoms with Gasteiger partial charge >= 0.3 is 17.7 Å². The lowest BCUT2D eigenvalue weighted by atomic mass is 9.94. The number of fused-ring (bicyclic) bond motifs is 1. The van der Waals surface area contributed by atoms with Gasteiger partial charge in [-0.15, -0.1) is 0 Å². The van der Waals surface area contributed by atoms with Crippen LogP contribution in [0.5, 0.6) is 11.5 Å². The largest absolute Gasteiger partial charge is 0.508 e. The number of aliphatic carboxylic acids is 1. The molecule has 20 nitrogen and oxygen atoms in total. The van der Waals surface area contributed by atoms with Crippen molar-refractivity contribution in [1.82, 2.24) is 41.0 Å². The van der Waals surface area contributed by atoms with Crippen LogP contribution in [0.25, 0.3) is 0 Å². The van der Waals surface area contributed by atoms with Gasteiger partial charge < -0.3 is 56.6 Å². The minimum absolute atomic E-state index is 0.0457. The van der Waals surface area contributed by atoms with Crippen molar-refractivity contribution >= 4 is 41.5 Å². The Morgan fingerprint density at radius 3 is 2.45 bits per heavy atom. The lowest BCUT2D eigenvalue weighted by Gasteiger charge is -2.36. The summed E-state index contributed by atoms with van der Waals surface area (Å²) in [5, 5.41) is 53.7. The molecule has 7 atom stereocenters. The average molecular weight is 853 g/mol. The van der Waals surface area contributed by atoms with E-state index in [4.69, 9.17) is 4.74 Å². The molecule has 1 saturated heterocycles. The fraction of sp³-hybridized carbons (Fsp3) is 0.410. The number of aromatic amines is 1. The second kappa shape index (κ2) is 20.1. The number of thioether (sulfide) groups is 1. The molecule has 10 N–H and O–H groups in total. The maximum atomic E-state index is 14.0. The molecule has 3 heterocycles. The van der Waals surface area contributed by atoms with Crippen LogP contribution in [0.15, 0.2) is 76.3 Å². The van der Waals surface area contributed by atoms with E-state index in [0.717, 1.165) is 28.6 Å². The van der Waals surface area contributed by atoms with Crippen molar-refractivity contribution in [3.63, 3.8) is 0 Å². The molecule has 5 rings (SSSR count). The standard InChI is InChI=1S/C39H48N8O12S/c1-20(46(2)35(54)27-16-22-7-5-9-29(49)25(22)19-40-27)32(34(53)41-18-24-17-30(50)36(59-24)47-12-10-31(51)44-39(47)58)45-33(52)26(11-13-60-3)42-38(57)43-28(37(55)56)15-21-6-4-8-23(48)14-21/h4-10,12,14,18,20,26-28,30,32,36,40,48-50H,11,13,15-17,19H2,1-3H3,(H,41,53)(H,45,52)(H,55,56)(H2,42,43,57)(H,44,51,58)/b24-18-/t20-,26+,27+,28+,30-,32-,36-/m0/s1. The van der Waals surface area contributed by atoms with Gasteiger partial charge in [0.25, 0.3) is 5.56 Å². The van der Waals surface area contributed by atoms with E-state index in [2.05, 4.69) is 31.6 Å². The highest BCUT2D eigenvalue weighted by molar-refractivity contribution is 7.98. The molecule has 2 aliphatic rings. The van der Waals surface area contributed by atoms with Crippen LogP contribution in [0.4, 0.5) is 4.79 Å². The minimum atomic E-state index is -1.48. The number of aromatic hydroxyl groups is 2.